The number of aliphatic carboxylic acids is 1. The van der Waals surface area contributed by atoms with E-state index in [1.54, 1.807) is 0 Å². The number of pyridine rings is 1. The quantitative estimate of drug-likeness (QED) is 0.882. The van der Waals surface area contributed by atoms with E-state index in [9.17, 15) is 4.79 Å². The van der Waals surface area contributed by atoms with Gasteiger partial charge in [-0.2, -0.15) is 0 Å². The highest BCUT2D eigenvalue weighted by Gasteiger charge is 2.05. The molecule has 2 N–H and O–H groups in total. The zero-order valence-electron chi connectivity index (χ0n) is 11.0. The molecule has 0 atom stereocenters. The molecule has 1 aromatic carbocycles. The first-order valence-electron chi connectivity index (χ1n) is 6.06. The highest BCUT2D eigenvalue weighted by atomic mass is 16.4. The Hall–Kier alpha value is -2.36. The summed E-state index contributed by atoms with van der Waals surface area (Å²) in [6, 6.07) is 11.4. The van der Waals surface area contributed by atoms with Crippen LogP contribution in [0.5, 0.6) is 0 Å². The lowest BCUT2D eigenvalue weighted by Gasteiger charge is -2.09. The fraction of sp³-hybridized carbons (Fsp3) is 0.200. The van der Waals surface area contributed by atoms with Gasteiger partial charge in [0.1, 0.15) is 5.82 Å². The van der Waals surface area contributed by atoms with Crippen LogP contribution in [0.25, 0.3) is 0 Å². The highest BCUT2D eigenvalue weighted by Crippen LogP contribution is 2.19. The van der Waals surface area contributed by atoms with Gasteiger partial charge in [0.15, 0.2) is 0 Å². The van der Waals surface area contributed by atoms with Crippen LogP contribution in [-0.2, 0) is 11.2 Å². The van der Waals surface area contributed by atoms with Crippen molar-refractivity contribution >= 4 is 17.5 Å². The summed E-state index contributed by atoms with van der Waals surface area (Å²) in [5.41, 5.74) is 3.64. The number of nitrogens with one attached hydrogen (secondary N) is 1. The van der Waals surface area contributed by atoms with Crippen molar-refractivity contribution < 1.29 is 9.90 Å². The molecule has 0 amide bonds. The molecule has 0 unspecified atom stereocenters. The van der Waals surface area contributed by atoms with Crippen LogP contribution in [0.2, 0.25) is 0 Å². The van der Waals surface area contributed by atoms with Crippen molar-refractivity contribution in [3.05, 3.63) is 53.2 Å². The smallest absolute Gasteiger partial charge is 0.307 e. The number of aryl methyl sites for hydroxylation is 2. The summed E-state index contributed by atoms with van der Waals surface area (Å²) in [6.07, 6.45) is 0.0504. The monoisotopic (exact) mass is 256 g/mol. The van der Waals surface area contributed by atoms with Crippen molar-refractivity contribution in [1.82, 2.24) is 4.98 Å². The van der Waals surface area contributed by atoms with Crippen molar-refractivity contribution in [2.75, 3.05) is 5.32 Å². The molecule has 19 heavy (non-hydrogen) atoms. The largest absolute Gasteiger partial charge is 0.481 e. The highest BCUT2D eigenvalue weighted by molar-refractivity contribution is 5.71. The number of nitrogens with zero attached hydrogens (tertiary/aromatic N) is 1. The van der Waals surface area contributed by atoms with E-state index in [0.29, 0.717) is 0 Å². The molecule has 4 nitrogen and oxygen atoms in total. The molecule has 0 fully saturated rings. The van der Waals surface area contributed by atoms with Crippen molar-refractivity contribution in [2.45, 2.75) is 20.3 Å². The number of hydrogen-bond donors (Lipinski definition) is 2. The van der Waals surface area contributed by atoms with Crippen LogP contribution in [0, 0.1) is 13.8 Å². The minimum Gasteiger partial charge on any atom is -0.481 e. The van der Waals surface area contributed by atoms with E-state index < -0.39 is 5.97 Å². The lowest BCUT2D eigenvalue weighted by molar-refractivity contribution is -0.136. The van der Waals surface area contributed by atoms with Crippen molar-refractivity contribution in [3.8, 4) is 0 Å². The van der Waals surface area contributed by atoms with Crippen molar-refractivity contribution in [3.63, 3.8) is 0 Å². The third kappa shape index (κ3) is 3.55. The van der Waals surface area contributed by atoms with Crippen molar-refractivity contribution in [2.24, 2.45) is 0 Å². The second kappa shape index (κ2) is 5.52. The first-order valence-corrected chi connectivity index (χ1v) is 6.06. The molecule has 2 rings (SSSR count). The zero-order valence-corrected chi connectivity index (χ0v) is 11.0. The van der Waals surface area contributed by atoms with Crippen LogP contribution in [-0.4, -0.2) is 16.1 Å². The van der Waals surface area contributed by atoms with Gasteiger partial charge >= 0.3 is 5.97 Å². The minimum absolute atomic E-state index is 0.0504. The van der Waals surface area contributed by atoms with E-state index in [2.05, 4.69) is 10.3 Å². The fourth-order valence-electron chi connectivity index (χ4n) is 1.90. The summed E-state index contributed by atoms with van der Waals surface area (Å²) in [5.74, 6) is -0.0328. The SMILES string of the molecule is Cc1cccc(Nc2ccc(CC(=O)O)c(C)c2)n1. The Bertz CT molecular complexity index is 609. The lowest BCUT2D eigenvalue weighted by Crippen LogP contribution is -2.02. The van der Waals surface area contributed by atoms with Crippen LogP contribution >= 0.6 is 0 Å². The van der Waals surface area contributed by atoms with Gasteiger partial charge in [0.05, 0.1) is 6.42 Å². The molecule has 0 bridgehead atoms. The number of hydrogen-bond acceptors (Lipinski definition) is 3. The van der Waals surface area contributed by atoms with Gasteiger partial charge in [-0.15, -0.1) is 0 Å². The van der Waals surface area contributed by atoms with Gasteiger partial charge in [0.2, 0.25) is 0 Å². The Kier molecular flexibility index (Phi) is 3.80. The Balaban J connectivity index is 2.18. The lowest BCUT2D eigenvalue weighted by atomic mass is 10.1. The Morgan fingerprint density at radius 1 is 1.26 bits per heavy atom. The summed E-state index contributed by atoms with van der Waals surface area (Å²) < 4.78 is 0. The molecular formula is C15H16N2O2. The van der Waals surface area contributed by atoms with E-state index in [-0.39, 0.29) is 6.42 Å². The van der Waals surface area contributed by atoms with E-state index in [4.69, 9.17) is 5.11 Å². The average molecular weight is 256 g/mol. The number of rotatable bonds is 4. The molecule has 0 aliphatic rings. The van der Waals surface area contributed by atoms with Crippen LogP contribution in [0.15, 0.2) is 36.4 Å². The number of aromatic nitrogens is 1. The number of anilines is 2. The molecule has 2 aromatic rings. The Labute approximate surface area is 112 Å². The third-order valence-corrected chi connectivity index (χ3v) is 2.85. The molecular weight excluding hydrogens is 240 g/mol. The van der Waals surface area contributed by atoms with Gasteiger partial charge in [0.25, 0.3) is 0 Å². The van der Waals surface area contributed by atoms with Crippen LogP contribution in [0.4, 0.5) is 11.5 Å². The van der Waals surface area contributed by atoms with E-state index in [0.717, 1.165) is 28.3 Å². The van der Waals surface area contributed by atoms with E-state index in [1.165, 1.54) is 0 Å². The summed E-state index contributed by atoms with van der Waals surface area (Å²) >= 11 is 0. The second-order valence-corrected chi connectivity index (χ2v) is 4.50. The minimum atomic E-state index is -0.816. The van der Waals surface area contributed by atoms with Gasteiger partial charge in [-0.1, -0.05) is 12.1 Å². The normalized spacial score (nSPS) is 10.2. The molecule has 0 aliphatic carbocycles. The predicted octanol–water partition coefficient (Wildman–Crippen LogP) is 3.07. The molecule has 0 saturated carbocycles. The summed E-state index contributed by atoms with van der Waals surface area (Å²) in [6.45, 7) is 3.85. The zero-order chi connectivity index (χ0) is 13.8. The van der Waals surface area contributed by atoms with Gasteiger partial charge in [0, 0.05) is 11.4 Å². The predicted molar refractivity (Wildman–Crippen MR) is 74.8 cm³/mol. The topological polar surface area (TPSA) is 62.2 Å². The van der Waals surface area contributed by atoms with Crippen LogP contribution < -0.4 is 5.32 Å². The fourth-order valence-corrected chi connectivity index (χ4v) is 1.90. The van der Waals surface area contributed by atoms with E-state index in [1.807, 2.05) is 50.2 Å². The molecule has 0 radical (unpaired) electrons. The third-order valence-electron chi connectivity index (χ3n) is 2.85. The molecule has 0 spiro atoms. The second-order valence-electron chi connectivity index (χ2n) is 4.50. The first kappa shape index (κ1) is 13.1. The summed E-state index contributed by atoms with van der Waals surface area (Å²) in [4.78, 5) is 15.1. The van der Waals surface area contributed by atoms with Gasteiger partial charge < -0.3 is 10.4 Å². The maximum absolute atomic E-state index is 10.7. The maximum Gasteiger partial charge on any atom is 0.307 e. The summed E-state index contributed by atoms with van der Waals surface area (Å²) in [5, 5.41) is 12.0. The number of carboxylic acids is 1. The van der Waals surface area contributed by atoms with Crippen molar-refractivity contribution in [1.29, 1.82) is 0 Å². The van der Waals surface area contributed by atoms with Crippen LogP contribution in [0.3, 0.4) is 0 Å². The van der Waals surface area contributed by atoms with Crippen LogP contribution in [0.1, 0.15) is 16.8 Å². The Morgan fingerprint density at radius 3 is 2.68 bits per heavy atom. The standard InChI is InChI=1S/C15H16N2O2/c1-10-8-13(7-6-12(10)9-15(18)19)17-14-5-3-4-11(2)16-14/h3-8H,9H2,1-2H3,(H,16,17)(H,18,19). The molecule has 0 saturated heterocycles. The molecule has 1 aromatic heterocycles. The average Bonchev–Trinajstić information content (AvgIpc) is 2.32. The molecule has 98 valence electrons. The molecule has 4 heteroatoms. The maximum atomic E-state index is 10.7. The van der Waals surface area contributed by atoms with Gasteiger partial charge in [-0.05, 0) is 49.2 Å². The summed E-state index contributed by atoms with van der Waals surface area (Å²) in [7, 11) is 0. The molecule has 0 aliphatic heterocycles. The number of benzene rings is 1. The van der Waals surface area contributed by atoms with E-state index >= 15 is 0 Å². The van der Waals surface area contributed by atoms with Gasteiger partial charge in [-0.3, -0.25) is 4.79 Å². The first-order chi connectivity index (χ1) is 9.04. The molecule has 1 heterocycles. The Morgan fingerprint density at radius 2 is 2.05 bits per heavy atom. The van der Waals surface area contributed by atoms with Gasteiger partial charge in [-0.25, -0.2) is 4.98 Å². The number of carboxylic acid groups (broad SMARTS) is 1. The number of carbonyl (C=O) groups is 1.